The molecule has 0 atom stereocenters. The molecule has 1 aliphatic carbocycles. The third kappa shape index (κ3) is 2.83. The fourth-order valence-corrected chi connectivity index (χ4v) is 2.41. The highest BCUT2D eigenvalue weighted by Crippen LogP contribution is 2.28. The molecule has 0 bridgehead atoms. The zero-order chi connectivity index (χ0) is 13.9. The molecule has 102 valence electrons. The number of rotatable bonds is 3. The zero-order valence-corrected chi connectivity index (χ0v) is 10.4. The SMILES string of the molecule is O=C(NC1(C(=O)O)CCCCC1)c1cccc(=O)[nH]1. The van der Waals surface area contributed by atoms with Gasteiger partial charge in [-0.25, -0.2) is 4.79 Å². The molecule has 6 nitrogen and oxygen atoms in total. The Labute approximate surface area is 109 Å². The zero-order valence-electron chi connectivity index (χ0n) is 10.4. The second-order valence-corrected chi connectivity index (χ2v) is 4.83. The van der Waals surface area contributed by atoms with E-state index in [1.54, 1.807) is 0 Å². The van der Waals surface area contributed by atoms with Crippen molar-refractivity contribution in [3.63, 3.8) is 0 Å². The second-order valence-electron chi connectivity index (χ2n) is 4.83. The summed E-state index contributed by atoms with van der Waals surface area (Å²) in [7, 11) is 0. The Bertz CT molecular complexity index is 544. The van der Waals surface area contributed by atoms with E-state index in [2.05, 4.69) is 10.3 Å². The minimum atomic E-state index is -1.21. The molecule has 2 rings (SSSR count). The topological polar surface area (TPSA) is 99.3 Å². The average Bonchev–Trinajstić information content (AvgIpc) is 2.39. The van der Waals surface area contributed by atoms with E-state index in [0.717, 1.165) is 19.3 Å². The van der Waals surface area contributed by atoms with Crippen molar-refractivity contribution in [2.24, 2.45) is 0 Å². The van der Waals surface area contributed by atoms with Crippen molar-refractivity contribution in [1.82, 2.24) is 10.3 Å². The van der Waals surface area contributed by atoms with Crippen LogP contribution in [0, 0.1) is 0 Å². The van der Waals surface area contributed by atoms with Crippen molar-refractivity contribution in [2.75, 3.05) is 0 Å². The lowest BCUT2D eigenvalue weighted by Gasteiger charge is -2.33. The van der Waals surface area contributed by atoms with Gasteiger partial charge in [-0.1, -0.05) is 25.3 Å². The summed E-state index contributed by atoms with van der Waals surface area (Å²) in [6.07, 6.45) is 3.37. The molecule has 0 spiro atoms. The molecule has 1 amide bonds. The predicted molar refractivity (Wildman–Crippen MR) is 68.0 cm³/mol. The molecule has 1 fully saturated rings. The van der Waals surface area contributed by atoms with Gasteiger partial charge in [0.2, 0.25) is 5.56 Å². The van der Waals surface area contributed by atoms with E-state index in [0.29, 0.717) is 12.8 Å². The van der Waals surface area contributed by atoms with Gasteiger partial charge in [-0.05, 0) is 18.9 Å². The number of carboxylic acid groups (broad SMARTS) is 1. The highest BCUT2D eigenvalue weighted by atomic mass is 16.4. The minimum Gasteiger partial charge on any atom is -0.480 e. The Kier molecular flexibility index (Phi) is 3.69. The number of hydrogen-bond donors (Lipinski definition) is 3. The monoisotopic (exact) mass is 264 g/mol. The normalized spacial score (nSPS) is 17.7. The lowest BCUT2D eigenvalue weighted by molar-refractivity contribution is -0.145. The number of aliphatic carboxylic acids is 1. The smallest absolute Gasteiger partial charge is 0.329 e. The van der Waals surface area contributed by atoms with E-state index >= 15 is 0 Å². The van der Waals surface area contributed by atoms with Gasteiger partial charge in [0.05, 0.1) is 0 Å². The maximum Gasteiger partial charge on any atom is 0.329 e. The standard InChI is InChI=1S/C13H16N2O4/c16-10-6-4-5-9(14-10)11(17)15-13(12(18)19)7-2-1-3-8-13/h4-6H,1-3,7-8H2,(H,14,16)(H,15,17)(H,18,19). The molecule has 19 heavy (non-hydrogen) atoms. The Balaban J connectivity index is 2.20. The number of hydrogen-bond acceptors (Lipinski definition) is 3. The fraction of sp³-hybridized carbons (Fsp3) is 0.462. The maximum absolute atomic E-state index is 12.0. The lowest BCUT2D eigenvalue weighted by Crippen LogP contribution is -2.55. The minimum absolute atomic E-state index is 0.0821. The summed E-state index contributed by atoms with van der Waals surface area (Å²) < 4.78 is 0. The number of pyridine rings is 1. The largest absolute Gasteiger partial charge is 0.480 e. The second kappa shape index (κ2) is 5.26. The molecule has 1 saturated carbocycles. The van der Waals surface area contributed by atoms with Gasteiger partial charge in [0.15, 0.2) is 0 Å². The molecule has 0 aromatic carbocycles. The molecule has 0 saturated heterocycles. The first-order chi connectivity index (χ1) is 9.03. The van der Waals surface area contributed by atoms with Crippen LogP contribution in [0.25, 0.3) is 0 Å². The molecule has 1 aliphatic rings. The van der Waals surface area contributed by atoms with Crippen LogP contribution >= 0.6 is 0 Å². The first-order valence-corrected chi connectivity index (χ1v) is 6.29. The van der Waals surface area contributed by atoms with E-state index in [1.165, 1.54) is 18.2 Å². The third-order valence-electron chi connectivity index (χ3n) is 3.48. The van der Waals surface area contributed by atoms with Crippen LogP contribution in [0.3, 0.4) is 0 Å². The van der Waals surface area contributed by atoms with Crippen LogP contribution in [-0.2, 0) is 4.79 Å². The number of carbonyl (C=O) groups excluding carboxylic acids is 1. The van der Waals surface area contributed by atoms with Gasteiger partial charge in [-0.3, -0.25) is 9.59 Å². The summed E-state index contributed by atoms with van der Waals surface area (Å²) in [6, 6.07) is 4.21. The van der Waals surface area contributed by atoms with Crippen molar-refractivity contribution in [3.05, 3.63) is 34.2 Å². The maximum atomic E-state index is 12.0. The first kappa shape index (κ1) is 13.3. The fourth-order valence-electron chi connectivity index (χ4n) is 2.41. The Morgan fingerprint density at radius 2 is 1.89 bits per heavy atom. The van der Waals surface area contributed by atoms with Gasteiger partial charge in [-0.15, -0.1) is 0 Å². The number of H-pyrrole nitrogens is 1. The van der Waals surface area contributed by atoms with Crippen molar-refractivity contribution < 1.29 is 14.7 Å². The average molecular weight is 264 g/mol. The molecule has 0 radical (unpaired) electrons. The van der Waals surface area contributed by atoms with Gasteiger partial charge in [-0.2, -0.15) is 0 Å². The summed E-state index contributed by atoms with van der Waals surface area (Å²) in [5.41, 5.74) is -1.51. The molecule has 1 aromatic rings. The van der Waals surface area contributed by atoms with Gasteiger partial charge in [0.1, 0.15) is 11.2 Å². The van der Waals surface area contributed by atoms with Crippen LogP contribution in [0.5, 0.6) is 0 Å². The number of carboxylic acids is 1. The van der Waals surface area contributed by atoms with Gasteiger partial charge in [0.25, 0.3) is 5.91 Å². The third-order valence-corrected chi connectivity index (χ3v) is 3.48. The molecule has 0 aliphatic heterocycles. The number of aromatic amines is 1. The summed E-state index contributed by atoms with van der Waals surface area (Å²) in [5, 5.41) is 11.9. The summed E-state index contributed by atoms with van der Waals surface area (Å²) in [5.74, 6) is -1.57. The quantitative estimate of drug-likeness (QED) is 0.755. The van der Waals surface area contributed by atoms with Gasteiger partial charge < -0.3 is 15.4 Å². The van der Waals surface area contributed by atoms with E-state index in [4.69, 9.17) is 0 Å². The summed E-state index contributed by atoms with van der Waals surface area (Å²) in [4.78, 5) is 37.0. The van der Waals surface area contributed by atoms with Crippen molar-refractivity contribution in [2.45, 2.75) is 37.6 Å². The van der Waals surface area contributed by atoms with Crippen molar-refractivity contribution in [3.8, 4) is 0 Å². The van der Waals surface area contributed by atoms with Gasteiger partial charge in [0, 0.05) is 6.07 Å². The Morgan fingerprint density at radius 3 is 2.47 bits per heavy atom. The van der Waals surface area contributed by atoms with Crippen LogP contribution in [0.15, 0.2) is 23.0 Å². The summed E-state index contributed by atoms with van der Waals surface area (Å²) >= 11 is 0. The molecule has 6 heteroatoms. The number of carbonyl (C=O) groups is 2. The first-order valence-electron chi connectivity index (χ1n) is 6.29. The van der Waals surface area contributed by atoms with Crippen LogP contribution in [0.1, 0.15) is 42.6 Å². The van der Waals surface area contributed by atoms with Crippen molar-refractivity contribution >= 4 is 11.9 Å². The Hall–Kier alpha value is -2.11. The molecule has 1 aromatic heterocycles. The van der Waals surface area contributed by atoms with Crippen LogP contribution < -0.4 is 10.9 Å². The lowest BCUT2D eigenvalue weighted by atomic mass is 9.81. The van der Waals surface area contributed by atoms with Gasteiger partial charge >= 0.3 is 5.97 Å². The predicted octanol–water partition coefficient (Wildman–Crippen LogP) is 0.892. The van der Waals surface area contributed by atoms with Crippen LogP contribution in [-0.4, -0.2) is 27.5 Å². The molecule has 3 N–H and O–H groups in total. The van der Waals surface area contributed by atoms with E-state index in [-0.39, 0.29) is 11.3 Å². The molecular formula is C13H16N2O4. The molecule has 1 heterocycles. The van der Waals surface area contributed by atoms with E-state index in [9.17, 15) is 19.5 Å². The van der Waals surface area contributed by atoms with Crippen LogP contribution in [0.4, 0.5) is 0 Å². The number of aromatic nitrogens is 1. The molecular weight excluding hydrogens is 248 g/mol. The number of amides is 1. The van der Waals surface area contributed by atoms with E-state index < -0.39 is 17.4 Å². The Morgan fingerprint density at radius 1 is 1.21 bits per heavy atom. The molecule has 0 unspecified atom stereocenters. The van der Waals surface area contributed by atoms with Crippen molar-refractivity contribution in [1.29, 1.82) is 0 Å². The number of nitrogens with one attached hydrogen (secondary N) is 2. The van der Waals surface area contributed by atoms with E-state index in [1.807, 2.05) is 0 Å². The summed E-state index contributed by atoms with van der Waals surface area (Å²) in [6.45, 7) is 0. The van der Waals surface area contributed by atoms with Crippen LogP contribution in [0.2, 0.25) is 0 Å². The highest BCUT2D eigenvalue weighted by molar-refractivity contribution is 5.96. The highest BCUT2D eigenvalue weighted by Gasteiger charge is 2.41.